The number of thiophene rings is 1. The zero-order valence-corrected chi connectivity index (χ0v) is 32.7. The van der Waals surface area contributed by atoms with Crippen molar-refractivity contribution in [3.8, 4) is 49.9 Å². The van der Waals surface area contributed by atoms with E-state index in [1.807, 2.05) is 30.3 Å². The Balaban J connectivity index is 1.08. The summed E-state index contributed by atoms with van der Waals surface area (Å²) in [4.78, 5) is 29.6. The molecule has 3 aliphatic rings. The Bertz CT molecular complexity index is 2890. The van der Waals surface area contributed by atoms with Gasteiger partial charge in [-0.15, -0.1) is 11.3 Å². The molecule has 0 aliphatic heterocycles. The summed E-state index contributed by atoms with van der Waals surface area (Å²) in [6.07, 6.45) is 1.37. The lowest BCUT2D eigenvalue weighted by atomic mass is 9.82. The second-order valence-corrected chi connectivity index (χ2v) is 17.2. The second kappa shape index (κ2) is 12.3. The van der Waals surface area contributed by atoms with Crippen molar-refractivity contribution < 1.29 is 14.7 Å². The SMILES string of the molecule is CC1(C)c2ccccc2-c2ccc(N(c3ccc4c(c3)C(=O)c3cc(-c5ccc(/C=C(/C#N)C(=O)O)s5)ccc3-4)c3ccc4c(c3)C(C)(C)c3ccccc3-4)cc21. The van der Waals surface area contributed by atoms with E-state index in [0.29, 0.717) is 16.0 Å². The number of fused-ring (bicyclic) bond motifs is 9. The van der Waals surface area contributed by atoms with Crippen LogP contribution in [0.3, 0.4) is 0 Å². The fourth-order valence-electron chi connectivity index (χ4n) is 9.34. The van der Waals surface area contributed by atoms with Gasteiger partial charge in [0.05, 0.1) is 0 Å². The van der Waals surface area contributed by atoms with Crippen LogP contribution in [-0.2, 0) is 15.6 Å². The first-order valence-corrected chi connectivity index (χ1v) is 19.8. The minimum absolute atomic E-state index is 0.0333. The monoisotopic (exact) mass is 756 g/mol. The van der Waals surface area contributed by atoms with Crippen LogP contribution in [0.25, 0.3) is 49.9 Å². The molecule has 1 aromatic heterocycles. The lowest BCUT2D eigenvalue weighted by Crippen LogP contribution is -2.18. The number of rotatable bonds is 6. The molecule has 0 saturated carbocycles. The third-order valence-electron chi connectivity index (χ3n) is 12.3. The highest BCUT2D eigenvalue weighted by molar-refractivity contribution is 7.16. The average molecular weight is 757 g/mol. The van der Waals surface area contributed by atoms with Gasteiger partial charge in [0.2, 0.25) is 0 Å². The maximum Gasteiger partial charge on any atom is 0.346 e. The van der Waals surface area contributed by atoms with Gasteiger partial charge in [0.1, 0.15) is 11.6 Å². The van der Waals surface area contributed by atoms with Gasteiger partial charge < -0.3 is 10.0 Å². The molecule has 10 rings (SSSR count). The van der Waals surface area contributed by atoms with Crippen molar-refractivity contribution in [1.82, 2.24) is 0 Å². The number of hydrogen-bond acceptors (Lipinski definition) is 5. The van der Waals surface area contributed by atoms with E-state index in [9.17, 15) is 20.0 Å². The van der Waals surface area contributed by atoms with Gasteiger partial charge in [-0.05, 0) is 122 Å². The topological polar surface area (TPSA) is 81.4 Å². The van der Waals surface area contributed by atoms with Crippen LogP contribution in [0.15, 0.2) is 139 Å². The summed E-state index contributed by atoms with van der Waals surface area (Å²) in [6, 6.07) is 48.6. The normalized spacial score (nSPS) is 14.9. The van der Waals surface area contributed by atoms with Crippen LogP contribution in [-0.4, -0.2) is 16.9 Å². The molecule has 3 aliphatic carbocycles. The van der Waals surface area contributed by atoms with Crippen LogP contribution < -0.4 is 4.90 Å². The number of carbonyl (C=O) groups excluding carboxylic acids is 1. The molecule has 57 heavy (non-hydrogen) atoms. The van der Waals surface area contributed by atoms with Crippen LogP contribution in [0.4, 0.5) is 17.1 Å². The number of anilines is 3. The number of carbonyl (C=O) groups is 2. The number of nitriles is 1. The first-order valence-electron chi connectivity index (χ1n) is 19.0. The smallest absolute Gasteiger partial charge is 0.346 e. The fourth-order valence-corrected chi connectivity index (χ4v) is 10.3. The van der Waals surface area contributed by atoms with Crippen molar-refractivity contribution in [1.29, 1.82) is 5.26 Å². The first-order chi connectivity index (χ1) is 27.4. The van der Waals surface area contributed by atoms with Gasteiger partial charge >= 0.3 is 5.97 Å². The van der Waals surface area contributed by atoms with Crippen LogP contribution >= 0.6 is 11.3 Å². The summed E-state index contributed by atoms with van der Waals surface area (Å²) in [5, 5.41) is 18.6. The predicted octanol–water partition coefficient (Wildman–Crippen LogP) is 12.7. The van der Waals surface area contributed by atoms with Crippen molar-refractivity contribution in [3.63, 3.8) is 0 Å². The van der Waals surface area contributed by atoms with E-state index in [1.165, 1.54) is 61.9 Å². The maximum absolute atomic E-state index is 14.4. The number of ketones is 1. The van der Waals surface area contributed by atoms with E-state index < -0.39 is 5.97 Å². The number of nitrogens with zero attached hydrogens (tertiary/aromatic N) is 2. The van der Waals surface area contributed by atoms with Crippen molar-refractivity contribution in [3.05, 3.63) is 177 Å². The summed E-state index contributed by atoms with van der Waals surface area (Å²) in [7, 11) is 0. The summed E-state index contributed by atoms with van der Waals surface area (Å²) >= 11 is 1.38. The third-order valence-corrected chi connectivity index (χ3v) is 13.3. The van der Waals surface area contributed by atoms with Crippen LogP contribution in [0, 0.1) is 11.3 Å². The van der Waals surface area contributed by atoms with E-state index in [4.69, 9.17) is 0 Å². The third kappa shape index (κ3) is 5.13. The highest BCUT2D eigenvalue weighted by atomic mass is 32.1. The standard InChI is InChI=1S/C51H36N2O3S/c1-50(2)43-11-7-5-9-37(43)39-20-15-32(26-45(39)50)53(33-16-21-40-38-10-6-8-12-44(38)51(3,4)46(40)27-33)31-14-19-36-35-18-13-29(24-41(35)48(54)42(36)25-31)47-22-17-34(57-47)23-30(28-52)49(55)56/h5-27H,1-4H3,(H,55,56)/b30-23-. The van der Waals surface area contributed by atoms with Crippen molar-refractivity contribution in [2.75, 3.05) is 4.90 Å². The highest BCUT2D eigenvalue weighted by Crippen LogP contribution is 2.53. The first kappa shape index (κ1) is 34.7. The molecule has 0 bridgehead atoms. The summed E-state index contributed by atoms with van der Waals surface area (Å²) < 4.78 is 0. The van der Waals surface area contributed by atoms with Gasteiger partial charge in [0.15, 0.2) is 5.78 Å². The maximum atomic E-state index is 14.4. The van der Waals surface area contributed by atoms with Crippen molar-refractivity contribution in [2.45, 2.75) is 38.5 Å². The zero-order valence-electron chi connectivity index (χ0n) is 31.8. The molecule has 7 aromatic rings. The van der Waals surface area contributed by atoms with E-state index in [1.54, 1.807) is 12.1 Å². The molecule has 0 spiro atoms. The molecule has 6 aromatic carbocycles. The molecule has 0 amide bonds. The van der Waals surface area contributed by atoms with E-state index >= 15 is 0 Å². The molecule has 5 nitrogen and oxygen atoms in total. The molecule has 1 heterocycles. The van der Waals surface area contributed by atoms with Gasteiger partial charge in [0, 0.05) is 48.8 Å². The molecule has 0 unspecified atom stereocenters. The minimum atomic E-state index is -1.26. The van der Waals surface area contributed by atoms with Crippen LogP contribution in [0.1, 0.15) is 70.7 Å². The Labute approximate surface area is 335 Å². The molecule has 6 heteroatoms. The molecule has 0 fully saturated rings. The summed E-state index contributed by atoms with van der Waals surface area (Å²) in [6.45, 7) is 9.20. The highest BCUT2D eigenvalue weighted by Gasteiger charge is 2.38. The lowest BCUT2D eigenvalue weighted by Gasteiger charge is -2.30. The lowest BCUT2D eigenvalue weighted by molar-refractivity contribution is -0.132. The minimum Gasteiger partial charge on any atom is -0.477 e. The molecule has 0 saturated heterocycles. The summed E-state index contributed by atoms with van der Waals surface area (Å²) in [5.41, 5.74) is 16.4. The Hall–Kier alpha value is -6.81. The molecule has 0 atom stereocenters. The largest absolute Gasteiger partial charge is 0.477 e. The van der Waals surface area contributed by atoms with Gasteiger partial charge in [-0.2, -0.15) is 5.26 Å². The number of carboxylic acids is 1. The summed E-state index contributed by atoms with van der Waals surface area (Å²) in [5.74, 6) is -1.29. The Kier molecular flexibility index (Phi) is 7.51. The van der Waals surface area contributed by atoms with E-state index in [-0.39, 0.29) is 22.2 Å². The Morgan fingerprint density at radius 1 is 0.596 bits per heavy atom. The molecule has 274 valence electrons. The molecule has 0 radical (unpaired) electrons. The van der Waals surface area contributed by atoms with Gasteiger partial charge in [-0.25, -0.2) is 4.79 Å². The van der Waals surface area contributed by atoms with Crippen LogP contribution in [0.5, 0.6) is 0 Å². The number of hydrogen-bond donors (Lipinski definition) is 1. The molecular formula is C51H36N2O3S. The van der Waals surface area contributed by atoms with Gasteiger partial charge in [-0.1, -0.05) is 107 Å². The second-order valence-electron chi connectivity index (χ2n) is 16.1. The Morgan fingerprint density at radius 3 is 1.65 bits per heavy atom. The number of carboxylic acid groups (broad SMARTS) is 1. The average Bonchev–Trinajstić information content (AvgIpc) is 3.93. The zero-order chi connectivity index (χ0) is 39.4. The number of benzene rings is 6. The van der Waals surface area contributed by atoms with Gasteiger partial charge in [-0.3, -0.25) is 4.79 Å². The fraction of sp³-hybridized carbons (Fsp3) is 0.118. The quantitative estimate of drug-likeness (QED) is 0.135. The van der Waals surface area contributed by atoms with Gasteiger partial charge in [0.25, 0.3) is 0 Å². The molecular weight excluding hydrogens is 721 g/mol. The Morgan fingerprint density at radius 2 is 1.09 bits per heavy atom. The van der Waals surface area contributed by atoms with E-state index in [2.05, 4.69) is 130 Å². The van der Waals surface area contributed by atoms with Crippen molar-refractivity contribution >= 4 is 46.2 Å². The molecule has 1 N–H and O–H groups in total. The predicted molar refractivity (Wildman–Crippen MR) is 230 cm³/mol. The van der Waals surface area contributed by atoms with Crippen LogP contribution in [0.2, 0.25) is 0 Å². The number of aliphatic carboxylic acids is 1. The van der Waals surface area contributed by atoms with Crippen molar-refractivity contribution in [2.24, 2.45) is 0 Å². The van der Waals surface area contributed by atoms with E-state index in [0.717, 1.165) is 38.6 Å².